The molecule has 0 bridgehead atoms. The van der Waals surface area contributed by atoms with Gasteiger partial charge < -0.3 is 10.5 Å². The summed E-state index contributed by atoms with van der Waals surface area (Å²) in [7, 11) is 0. The summed E-state index contributed by atoms with van der Waals surface area (Å²) < 4.78 is 5.77. The molecule has 0 aliphatic heterocycles. The van der Waals surface area contributed by atoms with E-state index in [2.05, 4.69) is 4.98 Å². The third kappa shape index (κ3) is 4.08. The van der Waals surface area contributed by atoms with Gasteiger partial charge in [-0.3, -0.25) is 0 Å². The largest absolute Gasteiger partial charge is 0.485 e. The summed E-state index contributed by atoms with van der Waals surface area (Å²) in [5, 5.41) is 3.89. The Morgan fingerprint density at radius 3 is 2.84 bits per heavy atom. The van der Waals surface area contributed by atoms with Crippen LogP contribution in [0, 0.1) is 0 Å². The summed E-state index contributed by atoms with van der Waals surface area (Å²) in [5.74, 6) is 0.638. The van der Waals surface area contributed by atoms with Crippen LogP contribution < -0.4 is 10.5 Å². The SMILES string of the molecule is CC(N)Cc1cc(Cl)cc(Cl)c1OCc1nccs1. The van der Waals surface area contributed by atoms with Crippen molar-refractivity contribution < 1.29 is 4.74 Å². The number of ether oxygens (including phenoxy) is 1. The quantitative estimate of drug-likeness (QED) is 0.909. The summed E-state index contributed by atoms with van der Waals surface area (Å²) in [6, 6.07) is 3.52. The molecule has 0 fully saturated rings. The molecule has 0 saturated heterocycles. The highest BCUT2D eigenvalue weighted by molar-refractivity contribution is 7.09. The lowest BCUT2D eigenvalue weighted by atomic mass is 10.1. The number of benzene rings is 1. The average molecular weight is 317 g/mol. The van der Waals surface area contributed by atoms with Gasteiger partial charge in [-0.1, -0.05) is 23.2 Å². The van der Waals surface area contributed by atoms with Crippen LogP contribution in [0.4, 0.5) is 0 Å². The zero-order valence-corrected chi connectivity index (χ0v) is 12.7. The van der Waals surface area contributed by atoms with Gasteiger partial charge in [0.2, 0.25) is 0 Å². The van der Waals surface area contributed by atoms with Gasteiger partial charge >= 0.3 is 0 Å². The van der Waals surface area contributed by atoms with E-state index in [-0.39, 0.29) is 6.04 Å². The smallest absolute Gasteiger partial charge is 0.141 e. The third-order valence-corrected chi connectivity index (χ3v) is 3.70. The van der Waals surface area contributed by atoms with Crippen LogP contribution in [0.2, 0.25) is 10.0 Å². The fraction of sp³-hybridized carbons (Fsp3) is 0.308. The molecule has 2 rings (SSSR count). The van der Waals surface area contributed by atoms with Crippen molar-refractivity contribution in [3.8, 4) is 5.75 Å². The second-order valence-corrected chi connectivity index (χ2v) is 6.09. The fourth-order valence-electron chi connectivity index (χ4n) is 1.73. The summed E-state index contributed by atoms with van der Waals surface area (Å²) in [5.41, 5.74) is 6.75. The Morgan fingerprint density at radius 2 is 2.21 bits per heavy atom. The summed E-state index contributed by atoms with van der Waals surface area (Å²) in [6.07, 6.45) is 2.41. The molecule has 1 unspecified atom stereocenters. The number of aromatic nitrogens is 1. The van der Waals surface area contributed by atoms with Gasteiger partial charge in [-0.25, -0.2) is 4.98 Å². The molecular weight excluding hydrogens is 303 g/mol. The fourth-order valence-corrected chi connectivity index (χ4v) is 2.85. The van der Waals surface area contributed by atoms with Crippen molar-refractivity contribution in [1.29, 1.82) is 0 Å². The van der Waals surface area contributed by atoms with Gasteiger partial charge in [-0.15, -0.1) is 11.3 Å². The lowest BCUT2D eigenvalue weighted by molar-refractivity contribution is 0.302. The first-order chi connectivity index (χ1) is 9.06. The molecule has 0 aliphatic rings. The lowest BCUT2D eigenvalue weighted by Crippen LogP contribution is -2.18. The number of rotatable bonds is 5. The minimum atomic E-state index is 0.0109. The van der Waals surface area contributed by atoms with Gasteiger partial charge in [0.1, 0.15) is 17.4 Å². The molecule has 0 aliphatic carbocycles. The van der Waals surface area contributed by atoms with Crippen molar-refractivity contribution in [1.82, 2.24) is 4.98 Å². The Hall–Kier alpha value is -0.810. The van der Waals surface area contributed by atoms with Crippen LogP contribution in [-0.4, -0.2) is 11.0 Å². The third-order valence-electron chi connectivity index (χ3n) is 2.45. The molecule has 1 atom stereocenters. The Kier molecular flexibility index (Phi) is 5.05. The van der Waals surface area contributed by atoms with Crippen LogP contribution in [-0.2, 0) is 13.0 Å². The van der Waals surface area contributed by atoms with Gasteiger partial charge in [0.25, 0.3) is 0 Å². The molecule has 19 heavy (non-hydrogen) atoms. The zero-order chi connectivity index (χ0) is 13.8. The highest BCUT2D eigenvalue weighted by Gasteiger charge is 2.13. The van der Waals surface area contributed by atoms with Crippen molar-refractivity contribution >= 4 is 34.5 Å². The molecule has 1 aromatic heterocycles. The molecule has 2 N–H and O–H groups in total. The van der Waals surface area contributed by atoms with E-state index in [4.69, 9.17) is 33.7 Å². The number of nitrogens with zero attached hydrogens (tertiary/aromatic N) is 1. The van der Waals surface area contributed by atoms with Crippen molar-refractivity contribution in [3.63, 3.8) is 0 Å². The van der Waals surface area contributed by atoms with E-state index < -0.39 is 0 Å². The van der Waals surface area contributed by atoms with E-state index in [0.29, 0.717) is 28.8 Å². The van der Waals surface area contributed by atoms with Gasteiger partial charge in [0.05, 0.1) is 5.02 Å². The van der Waals surface area contributed by atoms with Gasteiger partial charge in [-0.05, 0) is 31.0 Å². The zero-order valence-electron chi connectivity index (χ0n) is 10.4. The molecule has 0 amide bonds. The van der Waals surface area contributed by atoms with Crippen LogP contribution in [0.5, 0.6) is 5.75 Å². The summed E-state index contributed by atoms with van der Waals surface area (Å²) in [4.78, 5) is 4.17. The van der Waals surface area contributed by atoms with Gasteiger partial charge in [0.15, 0.2) is 0 Å². The monoisotopic (exact) mass is 316 g/mol. The maximum atomic E-state index is 6.19. The van der Waals surface area contributed by atoms with E-state index in [1.807, 2.05) is 18.4 Å². The Labute approximate surface area is 126 Å². The average Bonchev–Trinajstić information content (AvgIpc) is 2.79. The normalized spacial score (nSPS) is 12.4. The second-order valence-electron chi connectivity index (χ2n) is 4.27. The van der Waals surface area contributed by atoms with E-state index in [1.165, 1.54) is 0 Å². The van der Waals surface area contributed by atoms with Crippen molar-refractivity contribution in [2.24, 2.45) is 5.73 Å². The molecule has 3 nitrogen and oxygen atoms in total. The van der Waals surface area contributed by atoms with E-state index in [1.54, 1.807) is 23.6 Å². The molecule has 0 radical (unpaired) electrons. The van der Waals surface area contributed by atoms with Crippen LogP contribution >= 0.6 is 34.5 Å². The van der Waals surface area contributed by atoms with Crippen LogP contribution in [0.1, 0.15) is 17.5 Å². The predicted octanol–water partition coefficient (Wildman–Crippen LogP) is 3.92. The number of thiazole rings is 1. The van der Waals surface area contributed by atoms with Gasteiger partial charge in [-0.2, -0.15) is 0 Å². The number of nitrogens with two attached hydrogens (primary N) is 1. The highest BCUT2D eigenvalue weighted by atomic mass is 35.5. The van der Waals surface area contributed by atoms with Crippen LogP contribution in [0.25, 0.3) is 0 Å². The minimum absolute atomic E-state index is 0.0109. The molecule has 2 aromatic rings. The summed E-state index contributed by atoms with van der Waals surface area (Å²) in [6.45, 7) is 2.32. The lowest BCUT2D eigenvalue weighted by Gasteiger charge is -2.14. The second kappa shape index (κ2) is 6.57. The van der Waals surface area contributed by atoms with Gasteiger partial charge in [0, 0.05) is 22.6 Å². The first kappa shape index (κ1) is 14.6. The highest BCUT2D eigenvalue weighted by Crippen LogP contribution is 2.33. The Balaban J connectivity index is 2.21. The topological polar surface area (TPSA) is 48.1 Å². The minimum Gasteiger partial charge on any atom is -0.485 e. The summed E-state index contributed by atoms with van der Waals surface area (Å²) >= 11 is 13.7. The molecule has 0 saturated carbocycles. The molecule has 0 spiro atoms. The first-order valence-corrected chi connectivity index (χ1v) is 7.44. The van der Waals surface area contributed by atoms with Crippen molar-refractivity contribution in [2.75, 3.05) is 0 Å². The standard InChI is InChI=1S/C13H14Cl2N2OS/c1-8(16)4-9-5-10(14)6-11(15)13(9)18-7-12-17-2-3-19-12/h2-3,5-6,8H,4,7,16H2,1H3. The van der Waals surface area contributed by atoms with Crippen molar-refractivity contribution in [3.05, 3.63) is 44.3 Å². The van der Waals surface area contributed by atoms with E-state index >= 15 is 0 Å². The maximum absolute atomic E-state index is 6.19. The Morgan fingerprint density at radius 1 is 1.42 bits per heavy atom. The van der Waals surface area contributed by atoms with Crippen LogP contribution in [0.15, 0.2) is 23.7 Å². The first-order valence-electron chi connectivity index (χ1n) is 5.81. The molecule has 6 heteroatoms. The maximum Gasteiger partial charge on any atom is 0.141 e. The predicted molar refractivity (Wildman–Crippen MR) is 80.3 cm³/mol. The number of hydrogen-bond acceptors (Lipinski definition) is 4. The Bertz CT molecular complexity index is 544. The van der Waals surface area contributed by atoms with E-state index in [0.717, 1.165) is 10.6 Å². The number of halogens is 2. The molecule has 1 heterocycles. The van der Waals surface area contributed by atoms with Crippen molar-refractivity contribution in [2.45, 2.75) is 26.0 Å². The van der Waals surface area contributed by atoms with E-state index in [9.17, 15) is 0 Å². The van der Waals surface area contributed by atoms with Crippen LogP contribution in [0.3, 0.4) is 0 Å². The molecule has 1 aromatic carbocycles. The molecule has 102 valence electrons. The molecular formula is C13H14Cl2N2OS. The number of hydrogen-bond donors (Lipinski definition) is 1.